The van der Waals surface area contributed by atoms with Crippen molar-refractivity contribution in [2.75, 3.05) is 11.9 Å². The quantitative estimate of drug-likeness (QED) is 0.713. The van der Waals surface area contributed by atoms with E-state index < -0.39 is 11.6 Å². The van der Waals surface area contributed by atoms with Gasteiger partial charge in [0.15, 0.2) is 5.60 Å². The van der Waals surface area contributed by atoms with E-state index in [4.69, 9.17) is 5.11 Å². The van der Waals surface area contributed by atoms with E-state index in [9.17, 15) is 9.90 Å². The van der Waals surface area contributed by atoms with Gasteiger partial charge in [-0.25, -0.2) is 4.79 Å². The number of rotatable bonds is 5. The molecule has 0 aliphatic heterocycles. The van der Waals surface area contributed by atoms with E-state index in [1.807, 2.05) is 13.8 Å². The summed E-state index contributed by atoms with van der Waals surface area (Å²) in [6, 6.07) is 0. The molecule has 0 bridgehead atoms. The van der Waals surface area contributed by atoms with Crippen molar-refractivity contribution in [1.29, 1.82) is 0 Å². The summed E-state index contributed by atoms with van der Waals surface area (Å²) in [5, 5.41) is 30.1. The molecule has 1 aromatic rings. The highest BCUT2D eigenvalue weighted by Gasteiger charge is 2.29. The van der Waals surface area contributed by atoms with Gasteiger partial charge in [0.1, 0.15) is 5.01 Å². The first kappa shape index (κ1) is 12.9. The number of carbonyl (C=O) groups is 1. The monoisotopic (exact) mass is 245 g/mol. The van der Waals surface area contributed by atoms with Gasteiger partial charge < -0.3 is 15.5 Å². The molecule has 3 N–H and O–H groups in total. The van der Waals surface area contributed by atoms with E-state index in [0.29, 0.717) is 5.13 Å². The van der Waals surface area contributed by atoms with Gasteiger partial charge in [-0.2, -0.15) is 0 Å². The second-order valence-corrected chi connectivity index (χ2v) is 5.04. The Morgan fingerprint density at radius 2 is 2.19 bits per heavy atom. The molecule has 0 aliphatic rings. The molecule has 0 aliphatic carbocycles. The minimum Gasteiger partial charge on any atom is -0.479 e. The zero-order valence-corrected chi connectivity index (χ0v) is 10.2. The SMILES string of the molecule is CC(C)c1nnc(NCC(C)(O)C(=O)O)s1. The van der Waals surface area contributed by atoms with Crippen molar-refractivity contribution in [2.24, 2.45) is 0 Å². The molecule has 1 rings (SSSR count). The fraction of sp³-hybridized carbons (Fsp3) is 0.667. The summed E-state index contributed by atoms with van der Waals surface area (Å²) >= 11 is 1.36. The van der Waals surface area contributed by atoms with Crippen LogP contribution in [0.2, 0.25) is 0 Å². The van der Waals surface area contributed by atoms with Crippen molar-refractivity contribution in [1.82, 2.24) is 10.2 Å². The first-order valence-corrected chi connectivity index (χ1v) is 5.67. The standard InChI is InChI=1S/C9H15N3O3S/c1-5(2)6-11-12-8(16-6)10-4-9(3,15)7(13)14/h5,15H,4H2,1-3H3,(H,10,12)(H,13,14). The second kappa shape index (κ2) is 4.75. The topological polar surface area (TPSA) is 95.3 Å². The molecule has 90 valence electrons. The maximum absolute atomic E-state index is 10.6. The van der Waals surface area contributed by atoms with Crippen molar-refractivity contribution in [3.8, 4) is 0 Å². The number of nitrogens with zero attached hydrogens (tertiary/aromatic N) is 2. The molecular weight excluding hydrogens is 230 g/mol. The minimum atomic E-state index is -1.80. The molecule has 1 unspecified atom stereocenters. The van der Waals surface area contributed by atoms with Crippen LogP contribution in [0.1, 0.15) is 31.7 Å². The van der Waals surface area contributed by atoms with Gasteiger partial charge in [0.05, 0.1) is 6.54 Å². The Bertz CT molecular complexity index is 376. The third-order valence-corrected chi connectivity index (χ3v) is 3.16. The fourth-order valence-electron chi connectivity index (χ4n) is 0.863. The van der Waals surface area contributed by atoms with Gasteiger partial charge in [0.25, 0.3) is 0 Å². The Kier molecular flexibility index (Phi) is 3.82. The van der Waals surface area contributed by atoms with Gasteiger partial charge in [-0.15, -0.1) is 10.2 Å². The zero-order valence-electron chi connectivity index (χ0n) is 9.39. The van der Waals surface area contributed by atoms with Gasteiger partial charge in [-0.1, -0.05) is 25.2 Å². The number of carboxylic acid groups (broad SMARTS) is 1. The molecule has 16 heavy (non-hydrogen) atoms. The van der Waals surface area contributed by atoms with Crippen LogP contribution in [0.15, 0.2) is 0 Å². The van der Waals surface area contributed by atoms with Crippen LogP contribution in [-0.4, -0.2) is 38.5 Å². The normalized spacial score (nSPS) is 14.8. The summed E-state index contributed by atoms with van der Waals surface area (Å²) in [7, 11) is 0. The summed E-state index contributed by atoms with van der Waals surface area (Å²) in [5.74, 6) is -0.985. The van der Waals surface area contributed by atoms with Crippen molar-refractivity contribution in [3.05, 3.63) is 5.01 Å². The molecule has 6 nitrogen and oxygen atoms in total. The third kappa shape index (κ3) is 3.14. The number of hydrogen-bond acceptors (Lipinski definition) is 6. The van der Waals surface area contributed by atoms with Gasteiger partial charge in [-0.05, 0) is 6.92 Å². The van der Waals surface area contributed by atoms with E-state index in [1.165, 1.54) is 18.3 Å². The molecule has 7 heteroatoms. The Balaban J connectivity index is 2.58. The van der Waals surface area contributed by atoms with Crippen LogP contribution in [0.4, 0.5) is 5.13 Å². The summed E-state index contributed by atoms with van der Waals surface area (Å²) in [6.45, 7) is 5.12. The van der Waals surface area contributed by atoms with E-state index in [1.54, 1.807) is 0 Å². The van der Waals surface area contributed by atoms with Crippen LogP contribution >= 0.6 is 11.3 Å². The molecule has 0 radical (unpaired) electrons. The van der Waals surface area contributed by atoms with Crippen molar-refractivity contribution in [3.63, 3.8) is 0 Å². The molecule has 0 saturated carbocycles. The van der Waals surface area contributed by atoms with Gasteiger partial charge in [0.2, 0.25) is 5.13 Å². The lowest BCUT2D eigenvalue weighted by molar-refractivity contribution is -0.155. The van der Waals surface area contributed by atoms with E-state index >= 15 is 0 Å². The lowest BCUT2D eigenvalue weighted by Gasteiger charge is -2.17. The lowest BCUT2D eigenvalue weighted by Crippen LogP contribution is -2.41. The van der Waals surface area contributed by atoms with Crippen molar-refractivity contribution in [2.45, 2.75) is 32.3 Å². The van der Waals surface area contributed by atoms with Gasteiger partial charge in [-0.3, -0.25) is 0 Å². The van der Waals surface area contributed by atoms with E-state index in [0.717, 1.165) is 5.01 Å². The number of aliphatic carboxylic acids is 1. The number of anilines is 1. The molecule has 0 saturated heterocycles. The Labute approximate surface area is 97.3 Å². The lowest BCUT2D eigenvalue weighted by atomic mass is 10.1. The minimum absolute atomic E-state index is 0.102. The molecule has 1 atom stereocenters. The zero-order chi connectivity index (χ0) is 12.3. The summed E-state index contributed by atoms with van der Waals surface area (Å²) in [6.07, 6.45) is 0. The molecule has 0 fully saturated rings. The number of aromatic nitrogens is 2. The van der Waals surface area contributed by atoms with Crippen LogP contribution in [0.5, 0.6) is 0 Å². The maximum atomic E-state index is 10.6. The summed E-state index contributed by atoms with van der Waals surface area (Å²) in [4.78, 5) is 10.6. The Hall–Kier alpha value is -1.21. The Morgan fingerprint density at radius 1 is 1.56 bits per heavy atom. The molecule has 1 heterocycles. The molecule has 1 aromatic heterocycles. The molecule has 0 aromatic carbocycles. The molecule has 0 spiro atoms. The highest BCUT2D eigenvalue weighted by molar-refractivity contribution is 7.15. The van der Waals surface area contributed by atoms with Crippen LogP contribution in [0, 0.1) is 0 Å². The highest BCUT2D eigenvalue weighted by Crippen LogP contribution is 2.22. The van der Waals surface area contributed by atoms with Crippen LogP contribution in [-0.2, 0) is 4.79 Å². The van der Waals surface area contributed by atoms with Gasteiger partial charge >= 0.3 is 5.97 Å². The number of carboxylic acids is 1. The molecular formula is C9H15N3O3S. The van der Waals surface area contributed by atoms with Crippen molar-refractivity contribution < 1.29 is 15.0 Å². The largest absolute Gasteiger partial charge is 0.479 e. The van der Waals surface area contributed by atoms with Crippen LogP contribution in [0.25, 0.3) is 0 Å². The van der Waals surface area contributed by atoms with E-state index in [-0.39, 0.29) is 12.5 Å². The average Bonchev–Trinajstić information content (AvgIpc) is 2.63. The fourth-order valence-corrected chi connectivity index (χ4v) is 1.60. The Morgan fingerprint density at radius 3 is 2.62 bits per heavy atom. The van der Waals surface area contributed by atoms with Crippen LogP contribution < -0.4 is 5.32 Å². The average molecular weight is 245 g/mol. The summed E-state index contributed by atoms with van der Waals surface area (Å²) in [5.41, 5.74) is -1.80. The van der Waals surface area contributed by atoms with Crippen molar-refractivity contribution >= 4 is 22.4 Å². The number of hydrogen-bond donors (Lipinski definition) is 3. The third-order valence-electron chi connectivity index (χ3n) is 1.98. The summed E-state index contributed by atoms with van der Waals surface area (Å²) < 4.78 is 0. The smallest absolute Gasteiger partial charge is 0.337 e. The van der Waals surface area contributed by atoms with E-state index in [2.05, 4.69) is 15.5 Å². The first-order chi connectivity index (χ1) is 7.33. The van der Waals surface area contributed by atoms with Crippen LogP contribution in [0.3, 0.4) is 0 Å². The maximum Gasteiger partial charge on any atom is 0.337 e. The number of aliphatic hydroxyl groups is 1. The predicted molar refractivity (Wildman–Crippen MR) is 60.7 cm³/mol. The number of nitrogens with one attached hydrogen (secondary N) is 1. The van der Waals surface area contributed by atoms with Gasteiger partial charge in [0, 0.05) is 5.92 Å². The highest BCUT2D eigenvalue weighted by atomic mass is 32.1. The second-order valence-electron chi connectivity index (χ2n) is 4.03. The molecule has 0 amide bonds. The first-order valence-electron chi connectivity index (χ1n) is 4.86. The predicted octanol–water partition coefficient (Wildman–Crippen LogP) is 0.909.